The van der Waals surface area contributed by atoms with Gasteiger partial charge in [-0.15, -0.1) is 11.3 Å². The van der Waals surface area contributed by atoms with Crippen LogP contribution in [-0.4, -0.2) is 5.78 Å². The van der Waals surface area contributed by atoms with E-state index in [1.165, 1.54) is 11.3 Å². The normalized spacial score (nSPS) is 10.6. The molecule has 0 bridgehead atoms. The van der Waals surface area contributed by atoms with Gasteiger partial charge in [-0.3, -0.25) is 4.79 Å². The standard InChI is InChI=1S/C12H7Br2ClOS/c1-6-4-9(14)12(17-6)11(16)8-3-2-7(13)5-10(8)15/h2-5H,1H3. The smallest absolute Gasteiger partial charge is 0.205 e. The molecule has 0 fully saturated rings. The Morgan fingerprint density at radius 1 is 1.29 bits per heavy atom. The van der Waals surface area contributed by atoms with Crippen LogP contribution >= 0.6 is 54.8 Å². The summed E-state index contributed by atoms with van der Waals surface area (Å²) in [6.07, 6.45) is 0. The maximum Gasteiger partial charge on any atom is 0.205 e. The molecule has 0 unspecified atom stereocenters. The Morgan fingerprint density at radius 3 is 2.53 bits per heavy atom. The Kier molecular flexibility index (Phi) is 4.08. The van der Waals surface area contributed by atoms with Gasteiger partial charge in [-0.25, -0.2) is 0 Å². The molecule has 0 aliphatic carbocycles. The van der Waals surface area contributed by atoms with E-state index in [0.717, 1.165) is 13.8 Å². The monoisotopic (exact) mass is 392 g/mol. The van der Waals surface area contributed by atoms with Crippen molar-refractivity contribution in [1.29, 1.82) is 0 Å². The predicted molar refractivity (Wildman–Crippen MR) is 79.3 cm³/mol. The molecule has 2 aromatic rings. The summed E-state index contributed by atoms with van der Waals surface area (Å²) in [5, 5.41) is 0.460. The summed E-state index contributed by atoms with van der Waals surface area (Å²) < 4.78 is 1.68. The molecule has 5 heteroatoms. The first-order valence-corrected chi connectivity index (χ1v) is 7.53. The van der Waals surface area contributed by atoms with E-state index < -0.39 is 0 Å². The van der Waals surface area contributed by atoms with E-state index >= 15 is 0 Å². The summed E-state index contributed by atoms with van der Waals surface area (Å²) in [5.74, 6) is -0.0486. The largest absolute Gasteiger partial charge is 0.288 e. The van der Waals surface area contributed by atoms with Crippen molar-refractivity contribution in [3.8, 4) is 0 Å². The molecular weight excluding hydrogens is 387 g/mol. The maximum atomic E-state index is 12.3. The zero-order valence-electron chi connectivity index (χ0n) is 8.76. The van der Waals surface area contributed by atoms with Crippen LogP contribution in [0.2, 0.25) is 5.02 Å². The number of benzene rings is 1. The summed E-state index contributed by atoms with van der Waals surface area (Å²) >= 11 is 14.2. The van der Waals surface area contributed by atoms with E-state index in [1.807, 2.05) is 19.1 Å². The van der Waals surface area contributed by atoms with Crippen LogP contribution in [0.3, 0.4) is 0 Å². The lowest BCUT2D eigenvalue weighted by Crippen LogP contribution is -2.00. The van der Waals surface area contributed by atoms with Gasteiger partial charge in [0.2, 0.25) is 5.78 Å². The summed E-state index contributed by atoms with van der Waals surface area (Å²) in [4.78, 5) is 14.1. The highest BCUT2D eigenvalue weighted by atomic mass is 79.9. The minimum absolute atomic E-state index is 0.0486. The summed E-state index contributed by atoms with van der Waals surface area (Å²) in [6.45, 7) is 1.97. The van der Waals surface area contributed by atoms with Crippen LogP contribution < -0.4 is 0 Å². The van der Waals surface area contributed by atoms with Crippen LogP contribution in [0.5, 0.6) is 0 Å². The van der Waals surface area contributed by atoms with Crippen LogP contribution in [-0.2, 0) is 0 Å². The van der Waals surface area contributed by atoms with Gasteiger partial charge in [0, 0.05) is 19.4 Å². The topological polar surface area (TPSA) is 17.1 Å². The van der Waals surface area contributed by atoms with Crippen LogP contribution in [0, 0.1) is 6.92 Å². The third-order valence-corrected chi connectivity index (χ3v) is 4.94. The van der Waals surface area contributed by atoms with Crippen molar-refractivity contribution < 1.29 is 4.79 Å². The second kappa shape index (κ2) is 5.22. The summed E-state index contributed by atoms with van der Waals surface area (Å²) in [7, 11) is 0. The van der Waals surface area contributed by atoms with Gasteiger partial charge in [0.15, 0.2) is 0 Å². The number of rotatable bonds is 2. The highest BCUT2D eigenvalue weighted by molar-refractivity contribution is 9.10. The highest BCUT2D eigenvalue weighted by Gasteiger charge is 2.18. The Morgan fingerprint density at radius 2 is 2.00 bits per heavy atom. The molecular formula is C12H7Br2ClOS. The van der Waals surface area contributed by atoms with Crippen molar-refractivity contribution in [3.63, 3.8) is 0 Å². The molecule has 0 aliphatic heterocycles. The fourth-order valence-corrected chi connectivity index (χ4v) is 3.97. The molecule has 1 heterocycles. The first-order valence-electron chi connectivity index (χ1n) is 4.74. The van der Waals surface area contributed by atoms with E-state index in [0.29, 0.717) is 15.5 Å². The number of ketones is 1. The first kappa shape index (κ1) is 13.3. The quantitative estimate of drug-likeness (QED) is 0.618. The Labute approximate surface area is 125 Å². The van der Waals surface area contributed by atoms with Crippen molar-refractivity contribution in [2.75, 3.05) is 0 Å². The molecule has 0 aliphatic rings. The molecule has 88 valence electrons. The molecule has 1 nitrogen and oxygen atoms in total. The van der Waals surface area contributed by atoms with Gasteiger partial charge in [-0.05, 0) is 47.1 Å². The maximum absolute atomic E-state index is 12.3. The van der Waals surface area contributed by atoms with Gasteiger partial charge < -0.3 is 0 Å². The number of carbonyl (C=O) groups excluding carboxylic acids is 1. The number of hydrogen-bond acceptors (Lipinski definition) is 2. The van der Waals surface area contributed by atoms with Crippen molar-refractivity contribution in [1.82, 2.24) is 0 Å². The van der Waals surface area contributed by atoms with E-state index in [1.54, 1.807) is 12.1 Å². The first-order chi connectivity index (χ1) is 7.99. The number of halogens is 3. The number of aryl methyl sites for hydroxylation is 1. The lowest BCUT2D eigenvalue weighted by Gasteiger charge is -2.02. The Bertz CT molecular complexity index is 592. The van der Waals surface area contributed by atoms with Crippen molar-refractivity contribution in [3.05, 3.63) is 53.6 Å². The predicted octanol–water partition coefficient (Wildman–Crippen LogP) is 5.47. The van der Waals surface area contributed by atoms with Crippen molar-refractivity contribution in [2.45, 2.75) is 6.92 Å². The molecule has 0 saturated carbocycles. The molecule has 2 rings (SSSR count). The Hall–Kier alpha value is -0.160. The highest BCUT2D eigenvalue weighted by Crippen LogP contribution is 2.31. The molecule has 0 atom stereocenters. The van der Waals surface area contributed by atoms with Gasteiger partial charge in [0.25, 0.3) is 0 Å². The second-order valence-corrected chi connectivity index (χ2v) is 6.92. The molecule has 1 aromatic carbocycles. The molecule has 0 N–H and O–H groups in total. The third kappa shape index (κ3) is 2.81. The molecule has 0 amide bonds. The zero-order valence-corrected chi connectivity index (χ0v) is 13.5. The average molecular weight is 395 g/mol. The fourth-order valence-electron chi connectivity index (χ4n) is 1.43. The van der Waals surface area contributed by atoms with Gasteiger partial charge >= 0.3 is 0 Å². The lowest BCUT2D eigenvalue weighted by molar-refractivity contribution is 0.104. The van der Waals surface area contributed by atoms with Crippen molar-refractivity contribution >= 4 is 60.6 Å². The molecule has 0 saturated heterocycles. The lowest BCUT2D eigenvalue weighted by atomic mass is 10.1. The van der Waals surface area contributed by atoms with Gasteiger partial charge in [-0.1, -0.05) is 27.5 Å². The summed E-state index contributed by atoms with van der Waals surface area (Å²) in [5.41, 5.74) is 0.525. The second-order valence-electron chi connectivity index (χ2n) is 3.49. The van der Waals surface area contributed by atoms with Crippen LogP contribution in [0.15, 0.2) is 33.2 Å². The van der Waals surface area contributed by atoms with Gasteiger partial charge in [0.1, 0.15) is 0 Å². The molecule has 0 radical (unpaired) electrons. The van der Waals surface area contributed by atoms with Crippen molar-refractivity contribution in [2.24, 2.45) is 0 Å². The van der Waals surface area contributed by atoms with Crippen LogP contribution in [0.25, 0.3) is 0 Å². The Balaban J connectivity index is 2.47. The van der Waals surface area contributed by atoms with Crippen LogP contribution in [0.4, 0.5) is 0 Å². The number of carbonyl (C=O) groups is 1. The van der Waals surface area contributed by atoms with E-state index in [-0.39, 0.29) is 5.78 Å². The number of hydrogen-bond donors (Lipinski definition) is 0. The minimum Gasteiger partial charge on any atom is -0.288 e. The average Bonchev–Trinajstić information content (AvgIpc) is 2.57. The van der Waals surface area contributed by atoms with E-state index in [9.17, 15) is 4.79 Å². The third-order valence-electron chi connectivity index (χ3n) is 2.19. The minimum atomic E-state index is -0.0486. The van der Waals surface area contributed by atoms with Gasteiger partial charge in [-0.2, -0.15) is 0 Å². The van der Waals surface area contributed by atoms with E-state index in [2.05, 4.69) is 31.9 Å². The zero-order chi connectivity index (χ0) is 12.6. The molecule has 1 aromatic heterocycles. The summed E-state index contributed by atoms with van der Waals surface area (Å²) in [6, 6.07) is 7.21. The fraction of sp³-hybridized carbons (Fsp3) is 0.0833. The molecule has 17 heavy (non-hydrogen) atoms. The van der Waals surface area contributed by atoms with E-state index in [4.69, 9.17) is 11.6 Å². The molecule has 0 spiro atoms. The van der Waals surface area contributed by atoms with Gasteiger partial charge in [0.05, 0.1) is 9.90 Å². The van der Waals surface area contributed by atoms with Crippen LogP contribution in [0.1, 0.15) is 20.1 Å². The SMILES string of the molecule is Cc1cc(Br)c(C(=O)c2ccc(Br)cc2Cl)s1. The number of thiophene rings is 1.